The highest BCUT2D eigenvalue weighted by Crippen LogP contribution is 2.38. The molecule has 0 aliphatic carbocycles. The molecule has 0 aromatic carbocycles. The van der Waals surface area contributed by atoms with Crippen LogP contribution in [0, 0.1) is 0 Å². The Bertz CT molecular complexity index is 692. The minimum absolute atomic E-state index is 0.216. The van der Waals surface area contributed by atoms with Gasteiger partial charge in [-0.2, -0.15) is 0 Å². The lowest BCUT2D eigenvalue weighted by atomic mass is 10.4. The maximum absolute atomic E-state index is 11.5. The topological polar surface area (TPSA) is 64.8 Å². The molecule has 0 amide bonds. The summed E-state index contributed by atoms with van der Waals surface area (Å²) in [5.74, 6) is 0.498. The van der Waals surface area contributed by atoms with E-state index in [1.54, 1.807) is 0 Å². The maximum Gasteiger partial charge on any atom is 0.296 e. The van der Waals surface area contributed by atoms with E-state index in [4.69, 9.17) is 10.7 Å². The number of aromatic nitrogens is 3. The van der Waals surface area contributed by atoms with Gasteiger partial charge in [0.1, 0.15) is 0 Å². The van der Waals surface area contributed by atoms with Crippen LogP contribution in [0.2, 0.25) is 0 Å². The van der Waals surface area contributed by atoms with Crippen LogP contribution < -0.4 is 0 Å². The quantitative estimate of drug-likeness (QED) is 0.665. The Balaban J connectivity index is 2.61. The average molecular weight is 450 g/mol. The summed E-state index contributed by atoms with van der Waals surface area (Å²) in [6, 6.07) is 1.86. The molecular formula is C9H8Br2ClN3O2S2. The van der Waals surface area contributed by atoms with Gasteiger partial charge in [0, 0.05) is 21.7 Å². The molecule has 2 aromatic heterocycles. The Morgan fingerprint density at radius 1 is 1.42 bits per heavy atom. The van der Waals surface area contributed by atoms with Crippen LogP contribution in [-0.2, 0) is 15.6 Å². The maximum atomic E-state index is 11.5. The molecule has 0 aliphatic rings. The zero-order valence-electron chi connectivity index (χ0n) is 9.60. The molecule has 2 heterocycles. The molecule has 5 nitrogen and oxygen atoms in total. The van der Waals surface area contributed by atoms with Gasteiger partial charge in [0.15, 0.2) is 5.82 Å². The third-order valence-electron chi connectivity index (χ3n) is 2.25. The number of hydrogen-bond donors (Lipinski definition) is 0. The van der Waals surface area contributed by atoms with E-state index in [0.29, 0.717) is 12.4 Å². The largest absolute Gasteiger partial charge is 0.296 e. The Morgan fingerprint density at radius 3 is 2.58 bits per heavy atom. The zero-order chi connectivity index (χ0) is 14.2. The number of thiophene rings is 1. The first-order chi connectivity index (χ1) is 8.84. The van der Waals surface area contributed by atoms with E-state index in [0.717, 1.165) is 19.6 Å². The molecule has 0 radical (unpaired) electrons. The van der Waals surface area contributed by atoms with Gasteiger partial charge in [-0.05, 0) is 44.3 Å². The van der Waals surface area contributed by atoms with Gasteiger partial charge in [0.2, 0.25) is 0 Å². The van der Waals surface area contributed by atoms with Crippen LogP contribution >= 0.6 is 53.9 Å². The van der Waals surface area contributed by atoms with Gasteiger partial charge >= 0.3 is 0 Å². The fourth-order valence-corrected chi connectivity index (χ4v) is 4.48. The first-order valence-corrected chi connectivity index (χ1v) is 9.88. The minimum atomic E-state index is -3.90. The lowest BCUT2D eigenvalue weighted by molar-refractivity contribution is 0.570. The summed E-state index contributed by atoms with van der Waals surface area (Å²) in [6.45, 7) is 2.42. The molecular weight excluding hydrogens is 442 g/mol. The lowest BCUT2D eigenvalue weighted by Crippen LogP contribution is -2.07. The molecule has 0 unspecified atom stereocenters. The Morgan fingerprint density at radius 2 is 2.11 bits per heavy atom. The van der Waals surface area contributed by atoms with Crippen molar-refractivity contribution >= 4 is 62.9 Å². The first kappa shape index (κ1) is 15.4. The van der Waals surface area contributed by atoms with Crippen molar-refractivity contribution in [3.05, 3.63) is 14.3 Å². The van der Waals surface area contributed by atoms with Crippen LogP contribution in [0.4, 0.5) is 0 Å². The number of halogens is 3. The summed E-state index contributed by atoms with van der Waals surface area (Å²) in [7, 11) is 1.47. The van der Waals surface area contributed by atoms with Crippen molar-refractivity contribution in [1.82, 2.24) is 14.8 Å². The monoisotopic (exact) mass is 447 g/mol. The first-order valence-electron chi connectivity index (χ1n) is 5.17. The van der Waals surface area contributed by atoms with Gasteiger partial charge in [-0.15, -0.1) is 21.5 Å². The molecule has 0 spiro atoms. The lowest BCUT2D eigenvalue weighted by Gasteiger charge is -2.05. The van der Waals surface area contributed by atoms with Crippen molar-refractivity contribution in [2.75, 3.05) is 0 Å². The summed E-state index contributed by atoms with van der Waals surface area (Å²) >= 11 is 8.22. The predicted molar refractivity (Wildman–Crippen MR) is 82.1 cm³/mol. The Kier molecular flexibility index (Phi) is 4.71. The standard InChI is InChI=1S/C9H8Br2ClN3O2S2/c1-2-3-15-8(6-4-5(10)7(11)18-6)13-14-9(15)19(12,16)17/h4H,2-3H2,1H3. The third kappa shape index (κ3) is 3.21. The van der Waals surface area contributed by atoms with Crippen LogP contribution in [-0.4, -0.2) is 23.2 Å². The van der Waals surface area contributed by atoms with Crippen molar-refractivity contribution in [3.63, 3.8) is 0 Å². The second-order valence-corrected chi connectivity index (χ2v) is 9.31. The molecule has 0 saturated heterocycles. The highest BCUT2D eigenvalue weighted by Gasteiger charge is 2.24. The summed E-state index contributed by atoms with van der Waals surface area (Å²) in [5, 5.41) is 7.42. The zero-order valence-corrected chi connectivity index (χ0v) is 15.2. The van der Waals surface area contributed by atoms with Gasteiger partial charge in [0.05, 0.1) is 8.66 Å². The van der Waals surface area contributed by atoms with Crippen molar-refractivity contribution in [2.24, 2.45) is 0 Å². The Hall–Kier alpha value is 0.0400. The third-order valence-corrected chi connectivity index (χ3v) is 6.65. The van der Waals surface area contributed by atoms with Crippen molar-refractivity contribution in [3.8, 4) is 10.7 Å². The smallest absolute Gasteiger partial charge is 0.296 e. The molecule has 0 fully saturated rings. The summed E-state index contributed by atoms with van der Waals surface area (Å²) in [4.78, 5) is 0.811. The average Bonchev–Trinajstić information content (AvgIpc) is 2.84. The van der Waals surface area contributed by atoms with Gasteiger partial charge < -0.3 is 0 Å². The molecule has 0 saturated carbocycles. The minimum Gasteiger partial charge on any atom is -0.296 e. The summed E-state index contributed by atoms with van der Waals surface area (Å²) in [5.41, 5.74) is 0. The molecule has 10 heteroatoms. The highest BCUT2D eigenvalue weighted by atomic mass is 79.9. The molecule has 2 rings (SSSR count). The Labute approximate surface area is 135 Å². The normalized spacial score (nSPS) is 12.0. The molecule has 104 valence electrons. The van der Waals surface area contributed by atoms with Gasteiger partial charge in [0.25, 0.3) is 14.2 Å². The van der Waals surface area contributed by atoms with Crippen LogP contribution in [0.1, 0.15) is 13.3 Å². The van der Waals surface area contributed by atoms with E-state index < -0.39 is 9.05 Å². The van der Waals surface area contributed by atoms with Crippen molar-refractivity contribution in [2.45, 2.75) is 25.0 Å². The van der Waals surface area contributed by atoms with E-state index in [1.165, 1.54) is 15.9 Å². The van der Waals surface area contributed by atoms with E-state index in [-0.39, 0.29) is 5.16 Å². The van der Waals surface area contributed by atoms with E-state index in [1.807, 2.05) is 13.0 Å². The molecule has 0 N–H and O–H groups in total. The number of nitrogens with zero attached hydrogens (tertiary/aromatic N) is 3. The number of rotatable bonds is 4. The van der Waals surface area contributed by atoms with E-state index >= 15 is 0 Å². The van der Waals surface area contributed by atoms with E-state index in [9.17, 15) is 8.42 Å². The fraction of sp³-hybridized carbons (Fsp3) is 0.333. The van der Waals surface area contributed by atoms with E-state index in [2.05, 4.69) is 42.1 Å². The molecule has 0 bridgehead atoms. The predicted octanol–water partition coefficient (Wildman–Crippen LogP) is 3.87. The molecule has 0 aliphatic heterocycles. The molecule has 19 heavy (non-hydrogen) atoms. The summed E-state index contributed by atoms with van der Waals surface area (Å²) in [6.07, 6.45) is 0.748. The van der Waals surface area contributed by atoms with Crippen LogP contribution in [0.15, 0.2) is 19.5 Å². The SMILES string of the molecule is CCCn1c(-c2cc(Br)c(Br)s2)nnc1S(=O)(=O)Cl. The number of hydrogen-bond acceptors (Lipinski definition) is 5. The van der Waals surface area contributed by atoms with Crippen molar-refractivity contribution < 1.29 is 8.42 Å². The van der Waals surface area contributed by atoms with Crippen LogP contribution in [0.5, 0.6) is 0 Å². The molecule has 2 aromatic rings. The summed E-state index contributed by atoms with van der Waals surface area (Å²) < 4.78 is 26.3. The highest BCUT2D eigenvalue weighted by molar-refractivity contribution is 9.13. The van der Waals surface area contributed by atoms with Crippen LogP contribution in [0.25, 0.3) is 10.7 Å². The molecule has 0 atom stereocenters. The van der Waals surface area contributed by atoms with Gasteiger partial charge in [-0.3, -0.25) is 4.57 Å². The fourth-order valence-electron chi connectivity index (χ4n) is 1.53. The second kappa shape index (κ2) is 5.80. The van der Waals surface area contributed by atoms with Gasteiger partial charge in [-0.25, -0.2) is 8.42 Å². The van der Waals surface area contributed by atoms with Crippen molar-refractivity contribution in [1.29, 1.82) is 0 Å². The second-order valence-electron chi connectivity index (χ2n) is 3.63. The van der Waals surface area contributed by atoms with Crippen LogP contribution in [0.3, 0.4) is 0 Å². The van der Waals surface area contributed by atoms with Gasteiger partial charge in [-0.1, -0.05) is 6.92 Å².